The van der Waals surface area contributed by atoms with Crippen molar-refractivity contribution in [2.45, 2.75) is 45.6 Å². The van der Waals surface area contributed by atoms with E-state index in [2.05, 4.69) is 36.3 Å². The van der Waals surface area contributed by atoms with E-state index in [0.717, 1.165) is 18.7 Å². The predicted octanol–water partition coefficient (Wildman–Crippen LogP) is 2.77. The normalized spacial score (nSPS) is 11.9. The molecule has 0 heterocycles. The molecule has 0 fully saturated rings. The Bertz CT molecular complexity index is 367. The first kappa shape index (κ1) is 22.6. The molecule has 23 heavy (non-hydrogen) atoms. The highest BCUT2D eigenvalue weighted by Crippen LogP contribution is 2.26. The van der Waals surface area contributed by atoms with Gasteiger partial charge in [-0.05, 0) is 6.92 Å². The molecule has 0 aromatic carbocycles. The molecular weight excluding hydrogens is 332 g/mol. The van der Waals surface area contributed by atoms with Crippen molar-refractivity contribution in [2.24, 2.45) is 0 Å². The summed E-state index contributed by atoms with van der Waals surface area (Å²) in [7, 11) is 3.51. The van der Waals surface area contributed by atoms with Gasteiger partial charge in [-0.3, -0.25) is 4.79 Å². The Morgan fingerprint density at radius 1 is 1.26 bits per heavy atom. The summed E-state index contributed by atoms with van der Waals surface area (Å²) >= 11 is 0. The van der Waals surface area contributed by atoms with Crippen molar-refractivity contribution in [1.29, 1.82) is 0 Å². The van der Waals surface area contributed by atoms with Crippen LogP contribution < -0.4 is 10.6 Å². The van der Waals surface area contributed by atoms with Gasteiger partial charge in [0.25, 0.3) is 0 Å². The van der Waals surface area contributed by atoms with E-state index in [9.17, 15) is 4.79 Å². The van der Waals surface area contributed by atoms with Crippen LogP contribution in [0.25, 0.3) is 0 Å². The van der Waals surface area contributed by atoms with Crippen molar-refractivity contribution in [3.63, 3.8) is 0 Å². The van der Waals surface area contributed by atoms with E-state index >= 15 is 0 Å². The molecule has 5 nitrogen and oxygen atoms in total. The van der Waals surface area contributed by atoms with E-state index in [0.29, 0.717) is 25.8 Å². The molecule has 0 aliphatic carbocycles. The first-order valence-electron chi connectivity index (χ1n) is 7.99. The number of hydrogen-bond donors (Lipinski definition) is 2. The maximum Gasteiger partial charge on any atom is 0.246 e. The van der Waals surface area contributed by atoms with Gasteiger partial charge in [-0.1, -0.05) is 48.3 Å². The summed E-state index contributed by atoms with van der Waals surface area (Å²) in [5, 5.41) is 6.04. The lowest BCUT2D eigenvalue weighted by Crippen LogP contribution is -2.28. The summed E-state index contributed by atoms with van der Waals surface area (Å²) in [5.74, 6) is 6.64. The molecule has 1 unspecified atom stereocenters. The average molecular weight is 367 g/mol. The molecule has 138 valence electrons. The molecule has 0 bridgehead atoms. The quantitative estimate of drug-likeness (QED) is 0.226. The third-order valence-electron chi connectivity index (χ3n) is 2.43. The number of rotatable bonds is 13. The number of ether oxygens (including phenoxy) is 2. The summed E-state index contributed by atoms with van der Waals surface area (Å²) in [5.41, 5.74) is 0.112. The Labute approximate surface area is 151 Å². The van der Waals surface area contributed by atoms with Crippen LogP contribution >= 0.6 is 21.6 Å². The number of nitrogens with one attached hydrogen (secondary N) is 2. The Kier molecular flexibility index (Phi) is 16.2. The molecular formula is C16H34N2O3S2. The van der Waals surface area contributed by atoms with Crippen LogP contribution in [0.1, 0.15) is 37.0 Å². The molecule has 0 radical (unpaired) electrons. The fraction of sp³-hybridized carbons (Fsp3) is 0.812. The van der Waals surface area contributed by atoms with Crippen molar-refractivity contribution < 1.29 is 17.1 Å². The van der Waals surface area contributed by atoms with Crippen LogP contribution in [0.5, 0.6) is 0 Å². The monoisotopic (exact) mass is 366 g/mol. The van der Waals surface area contributed by atoms with Crippen molar-refractivity contribution >= 4 is 27.5 Å². The molecule has 2 N–H and O–H groups in total. The molecule has 0 aromatic heterocycles. The van der Waals surface area contributed by atoms with Crippen molar-refractivity contribution in [1.82, 2.24) is 10.6 Å². The lowest BCUT2D eigenvalue weighted by molar-refractivity contribution is -0.126. The molecule has 0 saturated heterocycles. The van der Waals surface area contributed by atoms with Crippen LogP contribution in [0.4, 0.5) is 0 Å². The third-order valence-corrected chi connectivity index (χ3v) is 5.07. The molecule has 0 aliphatic rings. The zero-order chi connectivity index (χ0) is 17.3. The minimum atomic E-state index is -0.147. The Balaban J connectivity index is -0.00000242. The summed E-state index contributed by atoms with van der Waals surface area (Å²) in [6, 6.07) is 0.530. The van der Waals surface area contributed by atoms with Gasteiger partial charge in [0.15, 0.2) is 0 Å². The second kappa shape index (κ2) is 16.5. The van der Waals surface area contributed by atoms with Gasteiger partial charge >= 0.3 is 0 Å². The standard InChI is InChI=1S/C16H30N2O3S2.2H2/c1-5-6-7-8-18-16(19)13-20-10-11-21-15(4)23-22-12-9-17-14(2)3;;/h14-15,17H,5,8-13H2,1-4H3,(H,18,19);2*1H. The van der Waals surface area contributed by atoms with Crippen LogP contribution in [0.2, 0.25) is 0 Å². The molecule has 0 rings (SSSR count). The fourth-order valence-electron chi connectivity index (χ4n) is 1.38. The van der Waals surface area contributed by atoms with E-state index in [1.54, 1.807) is 21.6 Å². The largest absolute Gasteiger partial charge is 0.369 e. The lowest BCUT2D eigenvalue weighted by Gasteiger charge is -2.12. The van der Waals surface area contributed by atoms with Crippen LogP contribution in [0, 0.1) is 11.8 Å². The second-order valence-corrected chi connectivity index (χ2v) is 7.79. The highest BCUT2D eigenvalue weighted by atomic mass is 33.1. The number of hydrogen-bond acceptors (Lipinski definition) is 6. The zero-order valence-electron chi connectivity index (χ0n) is 14.6. The van der Waals surface area contributed by atoms with Crippen LogP contribution in [0.15, 0.2) is 0 Å². The third kappa shape index (κ3) is 17.8. The summed E-state index contributed by atoms with van der Waals surface area (Å²) < 4.78 is 10.9. The zero-order valence-corrected chi connectivity index (χ0v) is 16.3. The van der Waals surface area contributed by atoms with Gasteiger partial charge in [0, 0.05) is 27.6 Å². The van der Waals surface area contributed by atoms with E-state index in [4.69, 9.17) is 9.47 Å². The summed E-state index contributed by atoms with van der Waals surface area (Å²) in [4.78, 5) is 11.4. The van der Waals surface area contributed by atoms with Crippen LogP contribution in [-0.4, -0.2) is 56.0 Å². The summed E-state index contributed by atoms with van der Waals surface area (Å²) in [6.45, 7) is 10.6. The molecule has 0 aliphatic heterocycles. The van der Waals surface area contributed by atoms with E-state index in [1.165, 1.54) is 0 Å². The highest BCUT2D eigenvalue weighted by Gasteiger charge is 2.04. The minimum absolute atomic E-state index is 0. The van der Waals surface area contributed by atoms with Gasteiger partial charge < -0.3 is 20.1 Å². The van der Waals surface area contributed by atoms with Crippen molar-refractivity contribution in [2.75, 3.05) is 38.7 Å². The van der Waals surface area contributed by atoms with E-state index in [1.807, 2.05) is 13.8 Å². The van der Waals surface area contributed by atoms with Gasteiger partial charge in [-0.15, -0.1) is 5.92 Å². The second-order valence-electron chi connectivity index (χ2n) is 5.00. The van der Waals surface area contributed by atoms with Crippen LogP contribution in [-0.2, 0) is 14.3 Å². The van der Waals surface area contributed by atoms with Gasteiger partial charge in [0.2, 0.25) is 5.91 Å². The molecule has 7 heteroatoms. The number of carbonyl (C=O) groups excluding carboxylic acids is 1. The van der Waals surface area contributed by atoms with E-state index in [-0.39, 0.29) is 20.8 Å². The van der Waals surface area contributed by atoms with Gasteiger partial charge in [0.1, 0.15) is 12.0 Å². The fourth-order valence-corrected chi connectivity index (χ4v) is 3.30. The predicted molar refractivity (Wildman–Crippen MR) is 105 cm³/mol. The molecule has 1 atom stereocenters. The molecule has 0 aromatic rings. The molecule has 1 amide bonds. The Hall–Kier alpha value is -0.390. The first-order valence-corrected chi connectivity index (χ1v) is 10.4. The van der Waals surface area contributed by atoms with Gasteiger partial charge in [0.05, 0.1) is 19.8 Å². The molecule has 0 saturated carbocycles. The average Bonchev–Trinajstić information content (AvgIpc) is 2.50. The Morgan fingerprint density at radius 3 is 2.74 bits per heavy atom. The smallest absolute Gasteiger partial charge is 0.246 e. The van der Waals surface area contributed by atoms with Crippen LogP contribution in [0.3, 0.4) is 0 Å². The SMILES string of the molecule is CCC#CCNC(=O)COCCOC(C)SSCCNC(C)C.[HH].[HH]. The van der Waals surface area contributed by atoms with Crippen molar-refractivity contribution in [3.8, 4) is 11.8 Å². The van der Waals surface area contributed by atoms with Gasteiger partial charge in [-0.25, -0.2) is 0 Å². The van der Waals surface area contributed by atoms with Gasteiger partial charge in [-0.2, -0.15) is 0 Å². The summed E-state index contributed by atoms with van der Waals surface area (Å²) in [6.07, 6.45) is 0.798. The topological polar surface area (TPSA) is 59.6 Å². The van der Waals surface area contributed by atoms with Crippen molar-refractivity contribution in [3.05, 3.63) is 0 Å². The van der Waals surface area contributed by atoms with E-state index < -0.39 is 0 Å². The molecule has 0 spiro atoms. The maximum absolute atomic E-state index is 11.4. The minimum Gasteiger partial charge on any atom is -0.369 e. The maximum atomic E-state index is 11.4. The number of amides is 1. The number of carbonyl (C=O) groups is 1. The Morgan fingerprint density at radius 2 is 2.04 bits per heavy atom. The lowest BCUT2D eigenvalue weighted by atomic mass is 10.4. The highest BCUT2D eigenvalue weighted by molar-refractivity contribution is 8.76. The first-order chi connectivity index (χ1) is 11.1.